The van der Waals surface area contributed by atoms with Gasteiger partial charge < -0.3 is 15.7 Å². The third kappa shape index (κ3) is 3.21. The van der Waals surface area contributed by atoms with Crippen LogP contribution in [-0.2, 0) is 4.79 Å². The zero-order chi connectivity index (χ0) is 15.6. The SMILES string of the molecule is CC1CCN(C(=O)c2ccc(C(=O)O)cc2)C(C(N)=O)C1. The first-order valence-corrected chi connectivity index (χ1v) is 6.83. The number of carboxylic acid groups (broad SMARTS) is 1. The van der Waals surface area contributed by atoms with Crippen molar-refractivity contribution in [2.75, 3.05) is 6.54 Å². The van der Waals surface area contributed by atoms with E-state index in [-0.39, 0.29) is 11.5 Å². The molecule has 6 nitrogen and oxygen atoms in total. The third-order valence-electron chi connectivity index (χ3n) is 3.83. The average Bonchev–Trinajstić information content (AvgIpc) is 2.46. The van der Waals surface area contributed by atoms with Crippen LogP contribution in [0.25, 0.3) is 0 Å². The molecule has 1 saturated heterocycles. The van der Waals surface area contributed by atoms with Gasteiger partial charge in [0.2, 0.25) is 5.91 Å². The van der Waals surface area contributed by atoms with Gasteiger partial charge in [0.1, 0.15) is 6.04 Å². The number of hydrogen-bond acceptors (Lipinski definition) is 3. The normalized spacial score (nSPS) is 21.9. The smallest absolute Gasteiger partial charge is 0.335 e. The Kier molecular flexibility index (Phi) is 4.26. The lowest BCUT2D eigenvalue weighted by molar-refractivity contribution is -0.124. The van der Waals surface area contributed by atoms with Crippen LogP contribution in [0.1, 0.15) is 40.5 Å². The minimum atomic E-state index is -1.05. The van der Waals surface area contributed by atoms with Crippen LogP contribution >= 0.6 is 0 Å². The van der Waals surface area contributed by atoms with Crippen molar-refractivity contribution in [2.24, 2.45) is 11.7 Å². The highest BCUT2D eigenvalue weighted by Gasteiger charge is 2.33. The van der Waals surface area contributed by atoms with Crippen molar-refractivity contribution in [3.8, 4) is 0 Å². The number of nitrogens with two attached hydrogens (primary N) is 1. The van der Waals surface area contributed by atoms with E-state index in [1.54, 1.807) is 0 Å². The second-order valence-electron chi connectivity index (χ2n) is 5.43. The van der Waals surface area contributed by atoms with E-state index in [1.165, 1.54) is 29.2 Å². The maximum absolute atomic E-state index is 12.5. The summed E-state index contributed by atoms with van der Waals surface area (Å²) < 4.78 is 0. The summed E-state index contributed by atoms with van der Waals surface area (Å²) >= 11 is 0. The molecule has 2 unspecified atom stereocenters. The minimum Gasteiger partial charge on any atom is -0.478 e. The van der Waals surface area contributed by atoms with Crippen molar-refractivity contribution < 1.29 is 19.5 Å². The van der Waals surface area contributed by atoms with Crippen LogP contribution in [0.3, 0.4) is 0 Å². The molecule has 2 rings (SSSR count). The fourth-order valence-electron chi connectivity index (χ4n) is 2.58. The third-order valence-corrected chi connectivity index (χ3v) is 3.83. The zero-order valence-electron chi connectivity index (χ0n) is 11.8. The van der Waals surface area contributed by atoms with Crippen LogP contribution < -0.4 is 5.73 Å². The lowest BCUT2D eigenvalue weighted by atomic mass is 9.91. The molecule has 1 heterocycles. The molecule has 0 aromatic heterocycles. The first-order chi connectivity index (χ1) is 9.90. The summed E-state index contributed by atoms with van der Waals surface area (Å²) in [6.45, 7) is 2.51. The number of carbonyl (C=O) groups excluding carboxylic acids is 2. The van der Waals surface area contributed by atoms with Crippen molar-refractivity contribution in [1.82, 2.24) is 4.90 Å². The maximum Gasteiger partial charge on any atom is 0.335 e. The number of benzene rings is 1. The first-order valence-electron chi connectivity index (χ1n) is 6.83. The molecule has 0 aliphatic carbocycles. The number of hydrogen-bond donors (Lipinski definition) is 2. The van der Waals surface area contributed by atoms with Gasteiger partial charge in [-0.15, -0.1) is 0 Å². The van der Waals surface area contributed by atoms with Crippen LogP contribution in [0.2, 0.25) is 0 Å². The minimum absolute atomic E-state index is 0.116. The summed E-state index contributed by atoms with van der Waals surface area (Å²) in [7, 11) is 0. The molecular weight excluding hydrogens is 272 g/mol. The Morgan fingerprint density at radius 3 is 2.29 bits per heavy atom. The number of nitrogens with zero attached hydrogens (tertiary/aromatic N) is 1. The largest absolute Gasteiger partial charge is 0.478 e. The lowest BCUT2D eigenvalue weighted by Gasteiger charge is -2.36. The molecule has 3 N–H and O–H groups in total. The van der Waals surface area contributed by atoms with Crippen LogP contribution in [0.5, 0.6) is 0 Å². The molecule has 1 aromatic carbocycles. The van der Waals surface area contributed by atoms with Crippen LogP contribution in [0, 0.1) is 5.92 Å². The molecule has 0 radical (unpaired) electrons. The Morgan fingerprint density at radius 1 is 1.19 bits per heavy atom. The monoisotopic (exact) mass is 290 g/mol. The molecule has 1 aliphatic heterocycles. The Hall–Kier alpha value is -2.37. The molecule has 1 aliphatic rings. The molecule has 0 saturated carbocycles. The van der Waals surface area contributed by atoms with Crippen molar-refractivity contribution in [3.63, 3.8) is 0 Å². The Bertz CT molecular complexity index is 568. The van der Waals surface area contributed by atoms with Crippen molar-refractivity contribution in [3.05, 3.63) is 35.4 Å². The maximum atomic E-state index is 12.5. The number of aromatic carboxylic acids is 1. The standard InChI is InChI=1S/C15H18N2O4/c1-9-6-7-17(12(8-9)13(16)18)14(19)10-2-4-11(5-3-10)15(20)21/h2-5,9,12H,6-8H2,1H3,(H2,16,18)(H,20,21). The summed E-state index contributed by atoms with van der Waals surface area (Å²) in [4.78, 5) is 36.3. The van der Waals surface area contributed by atoms with Gasteiger partial charge in [-0.3, -0.25) is 9.59 Å². The van der Waals surface area contributed by atoms with Crippen LogP contribution in [-0.4, -0.2) is 40.4 Å². The van der Waals surface area contributed by atoms with E-state index in [2.05, 4.69) is 0 Å². The quantitative estimate of drug-likeness (QED) is 0.870. The van der Waals surface area contributed by atoms with Gasteiger partial charge in [-0.1, -0.05) is 6.92 Å². The van der Waals surface area contributed by atoms with E-state index in [0.29, 0.717) is 24.4 Å². The number of carboxylic acids is 1. The van der Waals surface area contributed by atoms with Gasteiger partial charge in [0.25, 0.3) is 5.91 Å². The number of rotatable bonds is 3. The molecule has 1 fully saturated rings. The van der Waals surface area contributed by atoms with Gasteiger partial charge in [0.05, 0.1) is 5.56 Å². The molecule has 2 atom stereocenters. The highest BCUT2D eigenvalue weighted by Crippen LogP contribution is 2.24. The van der Waals surface area contributed by atoms with Gasteiger partial charge in [0.15, 0.2) is 0 Å². The topological polar surface area (TPSA) is 101 Å². The highest BCUT2D eigenvalue weighted by atomic mass is 16.4. The van der Waals surface area contributed by atoms with E-state index in [4.69, 9.17) is 10.8 Å². The molecule has 2 amide bonds. The molecule has 0 bridgehead atoms. The Balaban J connectivity index is 2.21. The van der Waals surface area contributed by atoms with Gasteiger partial charge in [0, 0.05) is 12.1 Å². The van der Waals surface area contributed by atoms with E-state index in [9.17, 15) is 14.4 Å². The summed E-state index contributed by atoms with van der Waals surface area (Å²) in [6, 6.07) is 5.08. The van der Waals surface area contributed by atoms with Gasteiger partial charge in [-0.2, -0.15) is 0 Å². The predicted molar refractivity (Wildman–Crippen MR) is 75.8 cm³/mol. The van der Waals surface area contributed by atoms with E-state index in [1.807, 2.05) is 6.92 Å². The van der Waals surface area contributed by atoms with E-state index >= 15 is 0 Å². The first kappa shape index (κ1) is 15.0. The fraction of sp³-hybridized carbons (Fsp3) is 0.400. The lowest BCUT2D eigenvalue weighted by Crippen LogP contribution is -2.52. The van der Waals surface area contributed by atoms with Gasteiger partial charge in [-0.05, 0) is 43.0 Å². The Labute approximate surface area is 122 Å². The molecule has 112 valence electrons. The van der Waals surface area contributed by atoms with Crippen molar-refractivity contribution in [2.45, 2.75) is 25.8 Å². The average molecular weight is 290 g/mol. The van der Waals surface area contributed by atoms with Gasteiger partial charge >= 0.3 is 5.97 Å². The molecule has 0 spiro atoms. The van der Waals surface area contributed by atoms with Crippen molar-refractivity contribution >= 4 is 17.8 Å². The van der Waals surface area contributed by atoms with Crippen LogP contribution in [0.4, 0.5) is 0 Å². The molecule has 1 aromatic rings. The fourth-order valence-corrected chi connectivity index (χ4v) is 2.58. The van der Waals surface area contributed by atoms with Crippen molar-refractivity contribution in [1.29, 1.82) is 0 Å². The second kappa shape index (κ2) is 5.95. The zero-order valence-corrected chi connectivity index (χ0v) is 11.8. The summed E-state index contributed by atoms with van der Waals surface area (Å²) in [5.41, 5.74) is 5.87. The number of likely N-dealkylation sites (tertiary alicyclic amines) is 1. The van der Waals surface area contributed by atoms with E-state index < -0.39 is 17.9 Å². The summed E-state index contributed by atoms with van der Waals surface area (Å²) in [5, 5.41) is 8.85. The number of carbonyl (C=O) groups is 3. The van der Waals surface area contributed by atoms with Gasteiger partial charge in [-0.25, -0.2) is 4.79 Å². The molecule has 6 heteroatoms. The highest BCUT2D eigenvalue weighted by molar-refractivity contribution is 5.98. The summed E-state index contributed by atoms with van der Waals surface area (Å²) in [6.07, 6.45) is 1.39. The predicted octanol–water partition coefficient (Wildman–Crippen LogP) is 1.11. The summed E-state index contributed by atoms with van der Waals surface area (Å²) in [5.74, 6) is -1.49. The van der Waals surface area contributed by atoms with Crippen LogP contribution in [0.15, 0.2) is 24.3 Å². The number of primary amides is 1. The molecule has 21 heavy (non-hydrogen) atoms. The number of amides is 2. The Morgan fingerprint density at radius 2 is 1.76 bits per heavy atom. The van der Waals surface area contributed by atoms with E-state index in [0.717, 1.165) is 6.42 Å². The number of piperidine rings is 1. The second-order valence-corrected chi connectivity index (χ2v) is 5.43. The molecular formula is C15H18N2O4.